The second kappa shape index (κ2) is 7.18. The Morgan fingerprint density at radius 2 is 1.77 bits per heavy atom. The van der Waals surface area contributed by atoms with E-state index in [1.807, 2.05) is 0 Å². The van der Waals surface area contributed by atoms with Crippen molar-refractivity contribution in [3.05, 3.63) is 64.4 Å². The minimum Gasteiger partial charge on any atom is -0.326 e. The molecule has 0 radical (unpaired) electrons. The van der Waals surface area contributed by atoms with E-state index in [2.05, 4.69) is 5.32 Å². The molecule has 3 nitrogen and oxygen atoms in total. The molecule has 0 aromatic heterocycles. The molecule has 0 unspecified atom stereocenters. The number of carbonyl (C=O) groups is 2. The number of Topliss-reactive ketones (excluding diaryl/α,β-unsaturated/α-hetero) is 1. The van der Waals surface area contributed by atoms with Crippen LogP contribution in [0.4, 0.5) is 10.1 Å². The number of hydrogen-bond acceptors (Lipinski definition) is 2. The summed E-state index contributed by atoms with van der Waals surface area (Å²) >= 11 is 5.76. The van der Waals surface area contributed by atoms with E-state index in [9.17, 15) is 14.0 Å². The zero-order valence-electron chi connectivity index (χ0n) is 12.0. The normalized spacial score (nSPS) is 10.3. The summed E-state index contributed by atoms with van der Waals surface area (Å²) in [7, 11) is 0. The Labute approximate surface area is 133 Å². The monoisotopic (exact) mass is 319 g/mol. The van der Waals surface area contributed by atoms with E-state index in [0.717, 1.165) is 5.56 Å². The number of benzene rings is 2. The van der Waals surface area contributed by atoms with Crippen molar-refractivity contribution < 1.29 is 14.0 Å². The Bertz CT molecular complexity index is 698. The molecule has 0 fully saturated rings. The number of amides is 1. The number of ketones is 1. The van der Waals surface area contributed by atoms with Gasteiger partial charge in [0.15, 0.2) is 5.78 Å². The third kappa shape index (κ3) is 4.40. The lowest BCUT2D eigenvalue weighted by atomic mass is 10.1. The smallest absolute Gasteiger partial charge is 0.224 e. The summed E-state index contributed by atoms with van der Waals surface area (Å²) in [4.78, 5) is 23.8. The summed E-state index contributed by atoms with van der Waals surface area (Å²) < 4.78 is 13.1. The van der Waals surface area contributed by atoms with E-state index in [-0.39, 0.29) is 24.5 Å². The Kier molecular flexibility index (Phi) is 5.28. The fourth-order valence-electron chi connectivity index (χ4n) is 1.95. The molecule has 2 aromatic carbocycles. The van der Waals surface area contributed by atoms with Crippen LogP contribution < -0.4 is 5.32 Å². The lowest BCUT2D eigenvalue weighted by Crippen LogP contribution is -2.14. The quantitative estimate of drug-likeness (QED) is 0.831. The van der Waals surface area contributed by atoms with Crippen molar-refractivity contribution in [1.82, 2.24) is 0 Å². The van der Waals surface area contributed by atoms with Crippen molar-refractivity contribution in [2.75, 3.05) is 5.32 Å². The molecule has 1 N–H and O–H groups in total. The second-order valence-electron chi connectivity index (χ2n) is 4.94. The maximum Gasteiger partial charge on any atom is 0.224 e. The maximum absolute atomic E-state index is 13.1. The van der Waals surface area contributed by atoms with Crippen molar-refractivity contribution in [1.29, 1.82) is 0 Å². The van der Waals surface area contributed by atoms with Gasteiger partial charge in [-0.3, -0.25) is 9.59 Å². The molecule has 0 aliphatic carbocycles. The summed E-state index contributed by atoms with van der Waals surface area (Å²) in [5.74, 6) is -0.878. The SMILES string of the molecule is Cc1ccc(F)cc1NC(=O)CCC(=O)c1ccc(Cl)cc1. The molecule has 0 atom stereocenters. The number of nitrogens with one attached hydrogen (secondary N) is 1. The molecule has 22 heavy (non-hydrogen) atoms. The summed E-state index contributed by atoms with van der Waals surface area (Å²) in [5, 5.41) is 3.17. The van der Waals surface area contributed by atoms with Gasteiger partial charge in [0, 0.05) is 29.1 Å². The molecule has 114 valence electrons. The lowest BCUT2D eigenvalue weighted by Gasteiger charge is -2.08. The molecule has 0 aliphatic heterocycles. The largest absolute Gasteiger partial charge is 0.326 e. The van der Waals surface area contributed by atoms with Crippen LogP contribution in [0, 0.1) is 12.7 Å². The molecule has 2 aromatic rings. The highest BCUT2D eigenvalue weighted by molar-refractivity contribution is 6.30. The number of hydrogen-bond donors (Lipinski definition) is 1. The van der Waals surface area contributed by atoms with E-state index < -0.39 is 5.82 Å². The van der Waals surface area contributed by atoms with E-state index in [1.165, 1.54) is 12.1 Å². The fraction of sp³-hybridized carbons (Fsp3) is 0.176. The zero-order valence-corrected chi connectivity index (χ0v) is 12.8. The van der Waals surface area contributed by atoms with Crippen LogP contribution in [0.3, 0.4) is 0 Å². The van der Waals surface area contributed by atoms with Crippen LogP contribution in [0.15, 0.2) is 42.5 Å². The number of carbonyl (C=O) groups excluding carboxylic acids is 2. The third-order valence-corrected chi connectivity index (χ3v) is 3.47. The highest BCUT2D eigenvalue weighted by Crippen LogP contribution is 2.17. The third-order valence-electron chi connectivity index (χ3n) is 3.22. The van der Waals surface area contributed by atoms with Gasteiger partial charge in [-0.05, 0) is 48.9 Å². The van der Waals surface area contributed by atoms with E-state index in [0.29, 0.717) is 16.3 Å². The Morgan fingerprint density at radius 3 is 2.45 bits per heavy atom. The fourth-order valence-corrected chi connectivity index (χ4v) is 2.07. The first kappa shape index (κ1) is 16.2. The molecule has 1 amide bonds. The average Bonchev–Trinajstić information content (AvgIpc) is 2.49. The van der Waals surface area contributed by atoms with Gasteiger partial charge in [-0.15, -0.1) is 0 Å². The van der Waals surface area contributed by atoms with E-state index in [4.69, 9.17) is 11.6 Å². The number of halogens is 2. The van der Waals surface area contributed by atoms with Crippen LogP contribution in [0.25, 0.3) is 0 Å². The van der Waals surface area contributed by atoms with Crippen molar-refractivity contribution in [3.63, 3.8) is 0 Å². The second-order valence-corrected chi connectivity index (χ2v) is 5.37. The minimum absolute atomic E-state index is 0.0391. The van der Waals surface area contributed by atoms with Crippen molar-refractivity contribution in [2.45, 2.75) is 19.8 Å². The average molecular weight is 320 g/mol. The van der Waals surface area contributed by atoms with Gasteiger partial charge in [0.05, 0.1) is 0 Å². The maximum atomic E-state index is 13.1. The van der Waals surface area contributed by atoms with Crippen LogP contribution in [-0.2, 0) is 4.79 Å². The molecule has 0 spiro atoms. The topological polar surface area (TPSA) is 46.2 Å². The number of rotatable bonds is 5. The lowest BCUT2D eigenvalue weighted by molar-refractivity contribution is -0.116. The van der Waals surface area contributed by atoms with Gasteiger partial charge >= 0.3 is 0 Å². The molecule has 0 aliphatic rings. The number of aryl methyl sites for hydroxylation is 1. The molecule has 0 saturated carbocycles. The summed E-state index contributed by atoms with van der Waals surface area (Å²) in [6.07, 6.45) is 0.124. The van der Waals surface area contributed by atoms with Crippen LogP contribution in [0.1, 0.15) is 28.8 Å². The van der Waals surface area contributed by atoms with Crippen LogP contribution >= 0.6 is 11.6 Å². The molecular formula is C17H15ClFNO2. The minimum atomic E-state index is -0.418. The van der Waals surface area contributed by atoms with Gasteiger partial charge in [0.25, 0.3) is 0 Å². The van der Waals surface area contributed by atoms with Crippen LogP contribution in [-0.4, -0.2) is 11.7 Å². The highest BCUT2D eigenvalue weighted by Gasteiger charge is 2.11. The van der Waals surface area contributed by atoms with Crippen molar-refractivity contribution in [2.24, 2.45) is 0 Å². The van der Waals surface area contributed by atoms with Gasteiger partial charge in [-0.1, -0.05) is 17.7 Å². The van der Waals surface area contributed by atoms with Gasteiger partial charge in [0.2, 0.25) is 5.91 Å². The van der Waals surface area contributed by atoms with Gasteiger partial charge in [-0.2, -0.15) is 0 Å². The van der Waals surface area contributed by atoms with Gasteiger partial charge in [0.1, 0.15) is 5.82 Å². The summed E-state index contributed by atoms with van der Waals surface area (Å²) in [5.41, 5.74) is 1.70. The Morgan fingerprint density at radius 1 is 1.09 bits per heavy atom. The van der Waals surface area contributed by atoms with Crippen molar-refractivity contribution in [3.8, 4) is 0 Å². The Hall–Kier alpha value is -2.20. The molecule has 0 bridgehead atoms. The molecule has 5 heteroatoms. The van der Waals surface area contributed by atoms with E-state index >= 15 is 0 Å². The Balaban J connectivity index is 1.91. The molecule has 0 saturated heterocycles. The van der Waals surface area contributed by atoms with Gasteiger partial charge in [-0.25, -0.2) is 4.39 Å². The first-order valence-electron chi connectivity index (χ1n) is 6.80. The first-order chi connectivity index (χ1) is 10.5. The first-order valence-corrected chi connectivity index (χ1v) is 7.18. The zero-order chi connectivity index (χ0) is 16.1. The number of anilines is 1. The predicted octanol–water partition coefficient (Wildman–Crippen LogP) is 4.39. The van der Waals surface area contributed by atoms with E-state index in [1.54, 1.807) is 37.3 Å². The van der Waals surface area contributed by atoms with Gasteiger partial charge < -0.3 is 5.32 Å². The predicted molar refractivity (Wildman–Crippen MR) is 84.8 cm³/mol. The highest BCUT2D eigenvalue weighted by atomic mass is 35.5. The molecular weight excluding hydrogens is 305 g/mol. The summed E-state index contributed by atoms with van der Waals surface area (Å²) in [6, 6.07) is 10.7. The summed E-state index contributed by atoms with van der Waals surface area (Å²) in [6.45, 7) is 1.77. The standard InChI is InChI=1S/C17H15ClFNO2/c1-11-2-7-14(19)10-15(11)20-17(22)9-8-16(21)12-3-5-13(18)6-4-12/h2-7,10H,8-9H2,1H3,(H,20,22). The van der Waals surface area contributed by atoms with Crippen molar-refractivity contribution >= 4 is 29.0 Å². The van der Waals surface area contributed by atoms with Crippen LogP contribution in [0.2, 0.25) is 5.02 Å². The molecule has 0 heterocycles. The molecule has 2 rings (SSSR count). The van der Waals surface area contributed by atoms with Crippen LogP contribution in [0.5, 0.6) is 0 Å².